The number of nitrogens with one attached hydrogen (secondary N) is 2. The number of hydrogen-bond acceptors (Lipinski definition) is 2. The first-order valence-electron chi connectivity index (χ1n) is 9.10. The Bertz CT molecular complexity index is 654. The summed E-state index contributed by atoms with van der Waals surface area (Å²) >= 11 is 0. The molecule has 0 radical (unpaired) electrons. The quantitative estimate of drug-likeness (QED) is 0.740. The molecule has 4 heteroatoms. The van der Waals surface area contributed by atoms with Crippen molar-refractivity contribution in [2.45, 2.75) is 39.8 Å². The van der Waals surface area contributed by atoms with Crippen molar-refractivity contribution in [3.8, 4) is 0 Å². The van der Waals surface area contributed by atoms with E-state index in [4.69, 9.17) is 0 Å². The lowest BCUT2D eigenvalue weighted by Gasteiger charge is -2.24. The highest BCUT2D eigenvalue weighted by molar-refractivity contribution is 6.00. The van der Waals surface area contributed by atoms with Crippen LogP contribution in [0, 0.1) is 11.8 Å². The number of benzene rings is 2. The van der Waals surface area contributed by atoms with E-state index in [1.807, 2.05) is 88.4 Å². The Hall–Kier alpha value is -2.62. The van der Waals surface area contributed by atoms with Crippen LogP contribution in [0.4, 0.5) is 0 Å². The van der Waals surface area contributed by atoms with E-state index >= 15 is 0 Å². The van der Waals surface area contributed by atoms with Crippen LogP contribution >= 0.6 is 0 Å². The molecular formula is C22H28N2O2. The summed E-state index contributed by atoms with van der Waals surface area (Å²) in [5, 5.41) is 5.94. The predicted octanol–water partition coefficient (Wildman–Crippen LogP) is 4.01. The van der Waals surface area contributed by atoms with Gasteiger partial charge in [0, 0.05) is 0 Å². The Balaban J connectivity index is 2.04. The van der Waals surface area contributed by atoms with Gasteiger partial charge in [-0.05, 0) is 30.9 Å². The smallest absolute Gasteiger partial charge is 0.233 e. The van der Waals surface area contributed by atoms with E-state index in [0.717, 1.165) is 11.1 Å². The molecule has 2 N–H and O–H groups in total. The van der Waals surface area contributed by atoms with Crippen LogP contribution in [-0.4, -0.2) is 11.8 Å². The molecule has 2 aromatic rings. The summed E-state index contributed by atoms with van der Waals surface area (Å²) in [6, 6.07) is 19.2. The Morgan fingerprint density at radius 3 is 1.31 bits per heavy atom. The summed E-state index contributed by atoms with van der Waals surface area (Å²) in [4.78, 5) is 25.5. The molecule has 0 aliphatic carbocycles. The molecule has 2 aromatic carbocycles. The van der Waals surface area contributed by atoms with Crippen LogP contribution in [0.5, 0.6) is 0 Å². The molecule has 0 saturated carbocycles. The second kappa shape index (κ2) is 9.18. The molecule has 0 fully saturated rings. The van der Waals surface area contributed by atoms with Gasteiger partial charge >= 0.3 is 0 Å². The number of hydrogen-bond donors (Lipinski definition) is 2. The largest absolute Gasteiger partial charge is 0.349 e. The molecule has 2 amide bonds. The van der Waals surface area contributed by atoms with Gasteiger partial charge in [0.15, 0.2) is 0 Å². The van der Waals surface area contributed by atoms with E-state index in [9.17, 15) is 9.59 Å². The van der Waals surface area contributed by atoms with Crippen molar-refractivity contribution in [1.29, 1.82) is 0 Å². The van der Waals surface area contributed by atoms with Gasteiger partial charge in [-0.15, -0.1) is 0 Å². The van der Waals surface area contributed by atoms with Crippen LogP contribution in [-0.2, 0) is 9.59 Å². The van der Waals surface area contributed by atoms with Crippen LogP contribution in [0.3, 0.4) is 0 Å². The van der Waals surface area contributed by atoms with Gasteiger partial charge in [0.05, 0.1) is 12.1 Å². The molecule has 4 nitrogen and oxygen atoms in total. The summed E-state index contributed by atoms with van der Waals surface area (Å²) in [6.07, 6.45) is 0. The fourth-order valence-corrected chi connectivity index (χ4v) is 2.98. The van der Waals surface area contributed by atoms with Crippen LogP contribution < -0.4 is 10.6 Å². The molecule has 0 aromatic heterocycles. The normalized spacial score (nSPS) is 14.3. The van der Waals surface area contributed by atoms with Crippen LogP contribution in [0.15, 0.2) is 60.7 Å². The van der Waals surface area contributed by atoms with Gasteiger partial charge in [0.2, 0.25) is 11.8 Å². The van der Waals surface area contributed by atoms with E-state index in [0.29, 0.717) is 0 Å². The minimum Gasteiger partial charge on any atom is -0.349 e. The van der Waals surface area contributed by atoms with E-state index in [2.05, 4.69) is 10.6 Å². The van der Waals surface area contributed by atoms with Gasteiger partial charge < -0.3 is 10.6 Å². The van der Waals surface area contributed by atoms with E-state index in [1.165, 1.54) is 0 Å². The fraction of sp³-hybridized carbons (Fsp3) is 0.364. The maximum atomic E-state index is 12.8. The fourth-order valence-electron chi connectivity index (χ4n) is 2.98. The van der Waals surface area contributed by atoms with Crippen molar-refractivity contribution < 1.29 is 9.59 Å². The third-order valence-electron chi connectivity index (χ3n) is 4.55. The molecule has 26 heavy (non-hydrogen) atoms. The van der Waals surface area contributed by atoms with Gasteiger partial charge in [-0.25, -0.2) is 0 Å². The van der Waals surface area contributed by atoms with Gasteiger partial charge in [-0.1, -0.05) is 74.5 Å². The van der Waals surface area contributed by atoms with Crippen LogP contribution in [0.25, 0.3) is 0 Å². The Morgan fingerprint density at radius 2 is 1.00 bits per heavy atom. The number of carbonyl (C=O) groups excluding carboxylic acids is 2. The maximum Gasteiger partial charge on any atom is 0.233 e. The maximum absolute atomic E-state index is 12.8. The molecule has 0 spiro atoms. The number of amides is 2. The van der Waals surface area contributed by atoms with Gasteiger partial charge in [0.25, 0.3) is 0 Å². The molecule has 3 atom stereocenters. The zero-order valence-corrected chi connectivity index (χ0v) is 15.9. The van der Waals surface area contributed by atoms with Gasteiger partial charge in [-0.3, -0.25) is 9.59 Å². The Kier molecular flexibility index (Phi) is 6.96. The third-order valence-corrected chi connectivity index (χ3v) is 4.55. The van der Waals surface area contributed by atoms with E-state index in [1.54, 1.807) is 0 Å². The minimum atomic E-state index is -0.729. The van der Waals surface area contributed by atoms with Crippen molar-refractivity contribution in [1.82, 2.24) is 10.6 Å². The average Bonchev–Trinajstić information content (AvgIpc) is 2.62. The van der Waals surface area contributed by atoms with Crippen LogP contribution in [0.2, 0.25) is 0 Å². The standard InChI is InChI=1S/C22H28N2O2/c1-15(2)20(21(25)23-16(3)18-11-7-5-8-12-18)22(26)24-17(4)19-13-9-6-10-14-19/h5-17,20H,1-4H3,(H,23,25)(H,24,26)/t16-,17+,20?. The molecular weight excluding hydrogens is 324 g/mol. The highest BCUT2D eigenvalue weighted by Crippen LogP contribution is 2.18. The highest BCUT2D eigenvalue weighted by Gasteiger charge is 2.31. The summed E-state index contributed by atoms with van der Waals surface area (Å²) < 4.78 is 0. The van der Waals surface area contributed by atoms with E-state index in [-0.39, 0.29) is 29.8 Å². The lowest BCUT2D eigenvalue weighted by atomic mass is 9.92. The van der Waals surface area contributed by atoms with Crippen LogP contribution in [0.1, 0.15) is 50.9 Å². The first-order chi connectivity index (χ1) is 12.4. The monoisotopic (exact) mass is 352 g/mol. The van der Waals surface area contributed by atoms with Crippen molar-refractivity contribution in [3.63, 3.8) is 0 Å². The summed E-state index contributed by atoms with van der Waals surface area (Å²) in [5.74, 6) is -1.31. The molecule has 0 saturated heterocycles. The molecule has 1 unspecified atom stereocenters. The number of rotatable bonds is 7. The zero-order valence-electron chi connectivity index (χ0n) is 15.9. The highest BCUT2D eigenvalue weighted by atomic mass is 16.2. The lowest BCUT2D eigenvalue weighted by Crippen LogP contribution is -2.45. The lowest BCUT2D eigenvalue weighted by molar-refractivity contribution is -0.137. The zero-order chi connectivity index (χ0) is 19.1. The van der Waals surface area contributed by atoms with Crippen molar-refractivity contribution in [2.24, 2.45) is 11.8 Å². The predicted molar refractivity (Wildman–Crippen MR) is 104 cm³/mol. The molecule has 0 heterocycles. The van der Waals surface area contributed by atoms with E-state index < -0.39 is 5.92 Å². The molecule has 2 rings (SSSR count). The third kappa shape index (κ3) is 5.19. The van der Waals surface area contributed by atoms with Crippen molar-refractivity contribution in [2.75, 3.05) is 0 Å². The molecule has 0 aliphatic rings. The molecule has 0 bridgehead atoms. The molecule has 138 valence electrons. The van der Waals surface area contributed by atoms with Crippen molar-refractivity contribution >= 4 is 11.8 Å². The van der Waals surface area contributed by atoms with Crippen molar-refractivity contribution in [3.05, 3.63) is 71.8 Å². The summed E-state index contributed by atoms with van der Waals surface area (Å²) in [6.45, 7) is 7.64. The Labute approximate surface area is 156 Å². The topological polar surface area (TPSA) is 58.2 Å². The first-order valence-corrected chi connectivity index (χ1v) is 9.10. The average molecular weight is 352 g/mol. The number of carbonyl (C=O) groups is 2. The van der Waals surface area contributed by atoms with Gasteiger partial charge in [0.1, 0.15) is 5.92 Å². The second-order valence-corrected chi connectivity index (χ2v) is 7.00. The Morgan fingerprint density at radius 1 is 0.654 bits per heavy atom. The van der Waals surface area contributed by atoms with Gasteiger partial charge in [-0.2, -0.15) is 0 Å². The minimum absolute atomic E-state index is 0.0963. The second-order valence-electron chi connectivity index (χ2n) is 7.00. The summed E-state index contributed by atoms with van der Waals surface area (Å²) in [5.41, 5.74) is 2.03. The molecule has 0 aliphatic heterocycles. The first kappa shape index (κ1) is 19.7. The SMILES string of the molecule is CC(C)C(C(=O)N[C@@H](C)c1ccccc1)C(=O)N[C@H](C)c1ccccc1. The summed E-state index contributed by atoms with van der Waals surface area (Å²) in [7, 11) is 0.